The Kier molecular flexibility index (Phi) is 6.12. The number of nitrogens with one attached hydrogen (secondary N) is 1. The van der Waals surface area contributed by atoms with Crippen molar-refractivity contribution in [3.05, 3.63) is 58.5 Å². The molecule has 0 radical (unpaired) electrons. The van der Waals surface area contributed by atoms with Gasteiger partial charge in [0.25, 0.3) is 5.56 Å². The largest absolute Gasteiger partial charge is 0.351 e. The number of anilines is 1. The molecule has 3 aromatic rings. The highest BCUT2D eigenvalue weighted by Crippen LogP contribution is 2.23. The summed E-state index contributed by atoms with van der Waals surface area (Å²) in [7, 11) is 2.21. The second-order valence-corrected chi connectivity index (χ2v) is 9.13. The molecule has 33 heavy (non-hydrogen) atoms. The van der Waals surface area contributed by atoms with Crippen LogP contribution in [0.2, 0.25) is 0 Å². The van der Waals surface area contributed by atoms with Gasteiger partial charge in [0.15, 0.2) is 5.65 Å². The summed E-state index contributed by atoms with van der Waals surface area (Å²) < 4.78 is 1.60. The fourth-order valence-electron chi connectivity index (χ4n) is 5.07. The number of piperidine rings is 2. The van der Waals surface area contributed by atoms with E-state index in [9.17, 15) is 4.79 Å². The third kappa shape index (κ3) is 4.50. The topological polar surface area (TPSA) is 66.3 Å². The molecule has 0 aliphatic carbocycles. The minimum absolute atomic E-state index is 0.197. The van der Waals surface area contributed by atoms with Gasteiger partial charge in [0.2, 0.25) is 5.95 Å². The lowest BCUT2D eigenvalue weighted by molar-refractivity contribution is 0.0993. The molecular weight excluding hydrogens is 412 g/mol. The summed E-state index contributed by atoms with van der Waals surface area (Å²) in [6.45, 7) is 4.57. The van der Waals surface area contributed by atoms with E-state index in [2.05, 4.69) is 33.1 Å². The Morgan fingerprint density at radius 2 is 1.79 bits per heavy atom. The first-order chi connectivity index (χ1) is 16.1. The summed E-state index contributed by atoms with van der Waals surface area (Å²) in [5.41, 5.74) is 1.60. The summed E-state index contributed by atoms with van der Waals surface area (Å²) in [6, 6.07) is 12.0. The van der Waals surface area contributed by atoms with Crippen LogP contribution in [0.4, 0.5) is 5.95 Å². The van der Waals surface area contributed by atoms with Crippen molar-refractivity contribution in [2.45, 2.75) is 37.8 Å². The fourth-order valence-corrected chi connectivity index (χ4v) is 5.07. The predicted octanol–water partition coefficient (Wildman–Crippen LogP) is 2.73. The van der Waals surface area contributed by atoms with Crippen molar-refractivity contribution in [1.82, 2.24) is 24.3 Å². The molecule has 4 heterocycles. The van der Waals surface area contributed by atoms with Gasteiger partial charge in [-0.05, 0) is 58.0 Å². The van der Waals surface area contributed by atoms with Gasteiger partial charge in [0.05, 0.1) is 11.1 Å². The van der Waals surface area contributed by atoms with Crippen LogP contribution in [0.1, 0.15) is 31.2 Å². The number of hydrogen-bond acceptors (Lipinski definition) is 6. The Bertz CT molecular complexity index is 1220. The number of aromatic nitrogens is 3. The van der Waals surface area contributed by atoms with Crippen LogP contribution in [0.5, 0.6) is 0 Å². The van der Waals surface area contributed by atoms with Crippen LogP contribution in [-0.2, 0) is 0 Å². The van der Waals surface area contributed by atoms with Crippen molar-refractivity contribution in [1.29, 1.82) is 0 Å². The van der Waals surface area contributed by atoms with Gasteiger partial charge in [0, 0.05) is 43.0 Å². The molecule has 2 fully saturated rings. The normalized spacial score (nSPS) is 18.9. The standard InChI is InChI=1S/C26H30N6O/c1-3-19-17-24(33)32(22-7-5-4-6-8-22)25-23(19)18-27-26(29-25)28-20-9-15-31(16-10-20)21-11-13-30(2)14-12-21/h1,4-8,17-18,20-21H,9-16H2,2H3,(H,27,28,29). The van der Waals surface area contributed by atoms with Crippen LogP contribution in [0.25, 0.3) is 16.7 Å². The minimum Gasteiger partial charge on any atom is -0.351 e. The van der Waals surface area contributed by atoms with E-state index < -0.39 is 0 Å². The molecule has 0 atom stereocenters. The Morgan fingerprint density at radius 1 is 1.06 bits per heavy atom. The maximum absolute atomic E-state index is 12.9. The molecule has 0 saturated carbocycles. The molecule has 0 unspecified atom stereocenters. The number of nitrogens with zero attached hydrogens (tertiary/aromatic N) is 5. The number of hydrogen-bond donors (Lipinski definition) is 1. The highest BCUT2D eigenvalue weighted by Gasteiger charge is 2.27. The molecule has 2 aromatic heterocycles. The van der Waals surface area contributed by atoms with E-state index in [0.29, 0.717) is 34.6 Å². The molecular formula is C26H30N6O. The van der Waals surface area contributed by atoms with Gasteiger partial charge in [0.1, 0.15) is 0 Å². The van der Waals surface area contributed by atoms with E-state index in [1.165, 1.54) is 32.0 Å². The number of para-hydroxylation sites is 1. The summed E-state index contributed by atoms with van der Waals surface area (Å²) in [5, 5.41) is 4.21. The quantitative estimate of drug-likeness (QED) is 0.627. The molecule has 0 amide bonds. The summed E-state index contributed by atoms with van der Waals surface area (Å²) in [6.07, 6.45) is 12.0. The third-order valence-corrected chi connectivity index (χ3v) is 7.00. The van der Waals surface area contributed by atoms with Crippen LogP contribution in [0.3, 0.4) is 0 Å². The lowest BCUT2D eigenvalue weighted by Gasteiger charge is -2.41. The maximum atomic E-state index is 12.9. The molecule has 2 aliphatic rings. The van der Waals surface area contributed by atoms with Gasteiger partial charge >= 0.3 is 0 Å². The van der Waals surface area contributed by atoms with Crippen molar-refractivity contribution < 1.29 is 0 Å². The first-order valence-corrected chi connectivity index (χ1v) is 11.8. The van der Waals surface area contributed by atoms with Gasteiger partial charge in [-0.1, -0.05) is 24.1 Å². The van der Waals surface area contributed by atoms with Gasteiger partial charge in [-0.2, -0.15) is 4.98 Å². The van der Waals surface area contributed by atoms with E-state index in [4.69, 9.17) is 11.4 Å². The van der Waals surface area contributed by atoms with Crippen LogP contribution in [0.15, 0.2) is 47.4 Å². The molecule has 0 bridgehead atoms. The first kappa shape index (κ1) is 21.6. The first-order valence-electron chi connectivity index (χ1n) is 11.8. The number of pyridine rings is 1. The Morgan fingerprint density at radius 3 is 2.48 bits per heavy atom. The van der Waals surface area contributed by atoms with Gasteiger partial charge in [-0.15, -0.1) is 6.42 Å². The number of terminal acetylenes is 1. The summed E-state index contributed by atoms with van der Waals surface area (Å²) in [5.74, 6) is 3.15. The molecule has 170 valence electrons. The predicted molar refractivity (Wildman–Crippen MR) is 132 cm³/mol. The minimum atomic E-state index is -0.197. The van der Waals surface area contributed by atoms with Crippen molar-refractivity contribution in [2.24, 2.45) is 0 Å². The zero-order chi connectivity index (χ0) is 22.8. The number of rotatable bonds is 4. The van der Waals surface area contributed by atoms with Gasteiger partial charge in [-0.25, -0.2) is 4.98 Å². The SMILES string of the molecule is C#Cc1cc(=O)n(-c2ccccc2)c2nc(NC3CCN(C4CCN(C)CC4)CC3)ncc12. The molecule has 2 saturated heterocycles. The lowest BCUT2D eigenvalue weighted by atomic mass is 9.98. The molecule has 1 aromatic carbocycles. The van der Waals surface area contributed by atoms with E-state index in [0.717, 1.165) is 31.6 Å². The monoisotopic (exact) mass is 442 g/mol. The van der Waals surface area contributed by atoms with E-state index >= 15 is 0 Å². The van der Waals surface area contributed by atoms with E-state index in [1.807, 2.05) is 30.3 Å². The molecule has 0 spiro atoms. The fraction of sp³-hybridized carbons (Fsp3) is 0.423. The molecule has 5 rings (SSSR count). The van der Waals surface area contributed by atoms with Crippen LogP contribution in [0, 0.1) is 12.3 Å². The van der Waals surface area contributed by atoms with E-state index in [-0.39, 0.29) is 5.56 Å². The summed E-state index contributed by atoms with van der Waals surface area (Å²) >= 11 is 0. The molecule has 2 aliphatic heterocycles. The molecule has 7 heteroatoms. The zero-order valence-electron chi connectivity index (χ0n) is 19.1. The van der Waals surface area contributed by atoms with Crippen LogP contribution >= 0.6 is 0 Å². The average Bonchev–Trinajstić information content (AvgIpc) is 2.85. The van der Waals surface area contributed by atoms with Gasteiger partial charge in [-0.3, -0.25) is 9.36 Å². The van der Waals surface area contributed by atoms with Crippen LogP contribution < -0.4 is 10.9 Å². The third-order valence-electron chi connectivity index (χ3n) is 7.00. The van der Waals surface area contributed by atoms with Crippen LogP contribution in [-0.4, -0.2) is 69.6 Å². The second-order valence-electron chi connectivity index (χ2n) is 9.13. The van der Waals surface area contributed by atoms with Crippen molar-refractivity contribution in [3.63, 3.8) is 0 Å². The van der Waals surface area contributed by atoms with Crippen molar-refractivity contribution in [3.8, 4) is 18.0 Å². The highest BCUT2D eigenvalue weighted by molar-refractivity contribution is 5.83. The van der Waals surface area contributed by atoms with Crippen molar-refractivity contribution >= 4 is 17.0 Å². The summed E-state index contributed by atoms with van der Waals surface area (Å²) in [4.78, 5) is 27.3. The van der Waals surface area contributed by atoms with Crippen molar-refractivity contribution in [2.75, 3.05) is 38.5 Å². The maximum Gasteiger partial charge on any atom is 0.258 e. The average molecular weight is 443 g/mol. The molecule has 1 N–H and O–H groups in total. The van der Waals surface area contributed by atoms with E-state index in [1.54, 1.807) is 10.8 Å². The lowest BCUT2D eigenvalue weighted by Crippen LogP contribution is -2.48. The number of benzene rings is 1. The zero-order valence-corrected chi connectivity index (χ0v) is 19.1. The van der Waals surface area contributed by atoms with Gasteiger partial charge < -0.3 is 15.1 Å². The number of fused-ring (bicyclic) bond motifs is 1. The second kappa shape index (κ2) is 9.34. The highest BCUT2D eigenvalue weighted by atomic mass is 16.1. The Hall–Kier alpha value is -3.21. The smallest absolute Gasteiger partial charge is 0.258 e. The Labute approximate surface area is 194 Å². The number of likely N-dealkylation sites (tertiary alicyclic amines) is 2. The molecule has 7 nitrogen and oxygen atoms in total. The Balaban J connectivity index is 1.37.